The summed E-state index contributed by atoms with van der Waals surface area (Å²) in [7, 11) is 0. The first-order valence-corrected chi connectivity index (χ1v) is 7.53. The molecule has 1 heterocycles. The molecular weight excluding hydrogens is 270 g/mol. The number of halogens is 1. The van der Waals surface area contributed by atoms with E-state index in [9.17, 15) is 0 Å². The Bertz CT molecular complexity index is 562. The standard InChI is InChI=1S/C17H22ClNO/c1-4-9-19-17(15-10-12(2)20-13(15)3)11-14-7-5-6-8-16(14)18/h5-8,10,17,19H,4,9,11H2,1-3H3. The van der Waals surface area contributed by atoms with Gasteiger partial charge < -0.3 is 9.73 Å². The van der Waals surface area contributed by atoms with Gasteiger partial charge in [0.1, 0.15) is 11.5 Å². The molecule has 0 fully saturated rings. The van der Waals surface area contributed by atoms with Crippen LogP contribution < -0.4 is 5.32 Å². The van der Waals surface area contributed by atoms with Crippen molar-refractivity contribution in [2.75, 3.05) is 6.54 Å². The fourth-order valence-corrected chi connectivity index (χ4v) is 2.70. The van der Waals surface area contributed by atoms with Crippen molar-refractivity contribution < 1.29 is 4.42 Å². The highest BCUT2D eigenvalue weighted by molar-refractivity contribution is 6.31. The minimum absolute atomic E-state index is 0.243. The highest BCUT2D eigenvalue weighted by atomic mass is 35.5. The fourth-order valence-electron chi connectivity index (χ4n) is 2.49. The van der Waals surface area contributed by atoms with Gasteiger partial charge in [-0.05, 0) is 50.9 Å². The van der Waals surface area contributed by atoms with Crippen LogP contribution in [-0.2, 0) is 6.42 Å². The molecule has 0 saturated carbocycles. The SMILES string of the molecule is CCCNC(Cc1ccccc1Cl)c1cc(C)oc1C. The molecule has 0 saturated heterocycles. The zero-order chi connectivity index (χ0) is 14.5. The molecule has 20 heavy (non-hydrogen) atoms. The average Bonchev–Trinajstić information content (AvgIpc) is 2.75. The van der Waals surface area contributed by atoms with E-state index in [4.69, 9.17) is 16.0 Å². The van der Waals surface area contributed by atoms with Gasteiger partial charge in [0.2, 0.25) is 0 Å². The predicted octanol–water partition coefficient (Wildman–Crippen LogP) is 4.83. The molecular formula is C17H22ClNO. The van der Waals surface area contributed by atoms with Crippen molar-refractivity contribution in [1.29, 1.82) is 0 Å². The zero-order valence-electron chi connectivity index (χ0n) is 12.4. The first-order chi connectivity index (χ1) is 9.61. The minimum Gasteiger partial charge on any atom is -0.466 e. The van der Waals surface area contributed by atoms with Crippen LogP contribution in [0, 0.1) is 13.8 Å². The van der Waals surface area contributed by atoms with E-state index in [1.165, 1.54) is 11.1 Å². The van der Waals surface area contributed by atoms with E-state index in [1.807, 2.05) is 32.0 Å². The van der Waals surface area contributed by atoms with E-state index >= 15 is 0 Å². The van der Waals surface area contributed by atoms with Crippen LogP contribution in [0.3, 0.4) is 0 Å². The number of furan rings is 1. The Hall–Kier alpha value is -1.25. The minimum atomic E-state index is 0.243. The van der Waals surface area contributed by atoms with Crippen LogP contribution in [0.25, 0.3) is 0 Å². The Labute approximate surface area is 126 Å². The molecule has 108 valence electrons. The molecule has 0 aliphatic rings. The fraction of sp³-hybridized carbons (Fsp3) is 0.412. The third-order valence-corrected chi connectivity index (χ3v) is 3.85. The topological polar surface area (TPSA) is 25.2 Å². The molecule has 0 spiro atoms. The lowest BCUT2D eigenvalue weighted by atomic mass is 9.99. The van der Waals surface area contributed by atoms with Crippen LogP contribution in [-0.4, -0.2) is 6.54 Å². The van der Waals surface area contributed by atoms with Crippen molar-refractivity contribution in [3.05, 3.63) is 58.0 Å². The van der Waals surface area contributed by atoms with Crippen molar-refractivity contribution in [3.8, 4) is 0 Å². The van der Waals surface area contributed by atoms with E-state index in [-0.39, 0.29) is 6.04 Å². The Morgan fingerprint density at radius 3 is 2.60 bits per heavy atom. The molecule has 1 aromatic heterocycles. The summed E-state index contributed by atoms with van der Waals surface area (Å²) in [6, 6.07) is 10.4. The van der Waals surface area contributed by atoms with Gasteiger partial charge in [-0.1, -0.05) is 36.7 Å². The van der Waals surface area contributed by atoms with E-state index in [0.717, 1.165) is 35.9 Å². The van der Waals surface area contributed by atoms with Crippen LogP contribution in [0.2, 0.25) is 5.02 Å². The number of aryl methyl sites for hydroxylation is 2. The largest absolute Gasteiger partial charge is 0.466 e. The second kappa shape index (κ2) is 6.96. The van der Waals surface area contributed by atoms with Gasteiger partial charge in [0.15, 0.2) is 0 Å². The summed E-state index contributed by atoms with van der Waals surface area (Å²) in [6.45, 7) is 7.17. The van der Waals surface area contributed by atoms with Crippen molar-refractivity contribution in [2.45, 2.75) is 39.7 Å². The lowest BCUT2D eigenvalue weighted by molar-refractivity contribution is 0.480. The summed E-state index contributed by atoms with van der Waals surface area (Å²) < 4.78 is 5.67. The number of benzene rings is 1. The van der Waals surface area contributed by atoms with E-state index in [0.29, 0.717) is 0 Å². The van der Waals surface area contributed by atoms with E-state index in [1.54, 1.807) is 0 Å². The van der Waals surface area contributed by atoms with Crippen LogP contribution >= 0.6 is 11.6 Å². The maximum atomic E-state index is 6.28. The van der Waals surface area contributed by atoms with Crippen molar-refractivity contribution in [3.63, 3.8) is 0 Å². The van der Waals surface area contributed by atoms with Crippen LogP contribution in [0.5, 0.6) is 0 Å². The molecule has 2 nitrogen and oxygen atoms in total. The molecule has 0 amide bonds. The lowest BCUT2D eigenvalue weighted by Crippen LogP contribution is -2.24. The highest BCUT2D eigenvalue weighted by Gasteiger charge is 2.18. The maximum Gasteiger partial charge on any atom is 0.105 e. The summed E-state index contributed by atoms with van der Waals surface area (Å²) in [4.78, 5) is 0. The number of nitrogens with one attached hydrogen (secondary N) is 1. The molecule has 3 heteroatoms. The Morgan fingerprint density at radius 1 is 1.25 bits per heavy atom. The first-order valence-electron chi connectivity index (χ1n) is 7.15. The maximum absolute atomic E-state index is 6.28. The van der Waals surface area contributed by atoms with Crippen molar-refractivity contribution in [1.82, 2.24) is 5.32 Å². The summed E-state index contributed by atoms with van der Waals surface area (Å²) in [5.41, 5.74) is 2.40. The molecule has 1 N–H and O–H groups in total. The monoisotopic (exact) mass is 291 g/mol. The smallest absolute Gasteiger partial charge is 0.105 e. The van der Waals surface area contributed by atoms with E-state index < -0.39 is 0 Å². The molecule has 0 radical (unpaired) electrons. The zero-order valence-corrected chi connectivity index (χ0v) is 13.1. The quantitative estimate of drug-likeness (QED) is 0.824. The van der Waals surface area contributed by atoms with Gasteiger partial charge in [-0.3, -0.25) is 0 Å². The van der Waals surface area contributed by atoms with E-state index in [2.05, 4.69) is 24.4 Å². The number of rotatable bonds is 6. The normalized spacial score (nSPS) is 12.6. The van der Waals surface area contributed by atoms with Gasteiger partial charge in [-0.2, -0.15) is 0 Å². The second-order valence-corrected chi connectivity index (χ2v) is 5.58. The second-order valence-electron chi connectivity index (χ2n) is 5.17. The van der Waals surface area contributed by atoms with Gasteiger partial charge in [-0.15, -0.1) is 0 Å². The third kappa shape index (κ3) is 3.65. The van der Waals surface area contributed by atoms with Gasteiger partial charge >= 0.3 is 0 Å². The van der Waals surface area contributed by atoms with Crippen LogP contribution in [0.1, 0.15) is 42.0 Å². The number of hydrogen-bond acceptors (Lipinski definition) is 2. The molecule has 2 aromatic rings. The van der Waals surface area contributed by atoms with Gasteiger partial charge in [0, 0.05) is 16.6 Å². The molecule has 1 atom stereocenters. The Morgan fingerprint density at radius 2 is 2.00 bits per heavy atom. The highest BCUT2D eigenvalue weighted by Crippen LogP contribution is 2.27. The molecule has 1 aromatic carbocycles. The molecule has 1 unspecified atom stereocenters. The molecule has 2 rings (SSSR count). The lowest BCUT2D eigenvalue weighted by Gasteiger charge is -2.19. The molecule has 0 bridgehead atoms. The average molecular weight is 292 g/mol. The summed E-state index contributed by atoms with van der Waals surface area (Å²) >= 11 is 6.28. The molecule has 0 aliphatic carbocycles. The Kier molecular flexibility index (Phi) is 5.27. The Balaban J connectivity index is 2.24. The van der Waals surface area contributed by atoms with Gasteiger partial charge in [0.05, 0.1) is 0 Å². The summed E-state index contributed by atoms with van der Waals surface area (Å²) in [5, 5.41) is 4.42. The first kappa shape index (κ1) is 15.1. The van der Waals surface area contributed by atoms with Crippen molar-refractivity contribution >= 4 is 11.6 Å². The third-order valence-electron chi connectivity index (χ3n) is 3.48. The van der Waals surface area contributed by atoms with Gasteiger partial charge in [0.25, 0.3) is 0 Å². The summed E-state index contributed by atoms with van der Waals surface area (Å²) in [6.07, 6.45) is 1.98. The van der Waals surface area contributed by atoms with Crippen LogP contribution in [0.4, 0.5) is 0 Å². The van der Waals surface area contributed by atoms with Crippen LogP contribution in [0.15, 0.2) is 34.7 Å². The van der Waals surface area contributed by atoms with Gasteiger partial charge in [-0.25, -0.2) is 0 Å². The number of hydrogen-bond donors (Lipinski definition) is 1. The predicted molar refractivity (Wildman–Crippen MR) is 84.4 cm³/mol. The summed E-state index contributed by atoms with van der Waals surface area (Å²) in [5.74, 6) is 1.95. The van der Waals surface area contributed by atoms with Crippen molar-refractivity contribution in [2.24, 2.45) is 0 Å². The molecule has 0 aliphatic heterocycles.